The summed E-state index contributed by atoms with van der Waals surface area (Å²) in [6, 6.07) is 0. The zero-order valence-electron chi connectivity index (χ0n) is 12.9. The Hall–Kier alpha value is -2.56. The number of hydrogen-bond donors (Lipinski definition) is 0. The molecule has 5 heteroatoms. The van der Waals surface area contributed by atoms with Crippen molar-refractivity contribution in [1.29, 1.82) is 0 Å². The average Bonchev–Trinajstić information content (AvgIpc) is 2.90. The molecule has 0 bridgehead atoms. The molecule has 0 atom stereocenters. The summed E-state index contributed by atoms with van der Waals surface area (Å²) in [7, 11) is 0. The lowest BCUT2D eigenvalue weighted by atomic mass is 10.3. The van der Waals surface area contributed by atoms with Crippen LogP contribution < -0.4 is 0 Å². The van der Waals surface area contributed by atoms with E-state index in [0.29, 0.717) is 17.2 Å². The summed E-state index contributed by atoms with van der Waals surface area (Å²) in [5.74, 6) is 0.274. The highest BCUT2D eigenvalue weighted by molar-refractivity contribution is 5.94. The van der Waals surface area contributed by atoms with Crippen molar-refractivity contribution in [1.82, 2.24) is 14.4 Å². The van der Waals surface area contributed by atoms with E-state index in [1.807, 2.05) is 26.8 Å². The molecule has 0 aliphatic carbocycles. The van der Waals surface area contributed by atoms with E-state index in [4.69, 9.17) is 0 Å². The Balaban J connectivity index is 0.00000106. The highest BCUT2D eigenvalue weighted by atomic mass is 16.1. The second kappa shape index (κ2) is 7.89. The Bertz CT molecular complexity index is 695. The van der Waals surface area contributed by atoms with Gasteiger partial charge in [-0.25, -0.2) is 4.98 Å². The Kier molecular flexibility index (Phi) is 6.20. The van der Waals surface area contributed by atoms with Crippen LogP contribution in [-0.2, 0) is 0 Å². The van der Waals surface area contributed by atoms with Gasteiger partial charge in [-0.15, -0.1) is 0 Å². The number of rotatable bonds is 4. The molecule has 2 rings (SSSR count). The molecule has 0 aliphatic heterocycles. The van der Waals surface area contributed by atoms with Crippen molar-refractivity contribution < 1.29 is 4.79 Å². The van der Waals surface area contributed by atoms with Crippen LogP contribution in [0.15, 0.2) is 42.3 Å². The molecule has 110 valence electrons. The first-order valence-corrected chi connectivity index (χ1v) is 6.83. The zero-order valence-corrected chi connectivity index (χ0v) is 12.9. The summed E-state index contributed by atoms with van der Waals surface area (Å²) in [4.78, 5) is 24.3. The molecular formula is C16H20N4O. The van der Waals surface area contributed by atoms with E-state index >= 15 is 0 Å². The van der Waals surface area contributed by atoms with Crippen LogP contribution in [-0.4, -0.2) is 26.4 Å². The van der Waals surface area contributed by atoms with Crippen molar-refractivity contribution in [2.24, 2.45) is 4.99 Å². The number of aliphatic imine (C=N–C) groups is 1. The van der Waals surface area contributed by atoms with Gasteiger partial charge in [0, 0.05) is 25.5 Å². The van der Waals surface area contributed by atoms with Crippen LogP contribution in [0.4, 0.5) is 0 Å². The van der Waals surface area contributed by atoms with E-state index in [1.54, 1.807) is 35.3 Å². The molecule has 2 aromatic heterocycles. The molecule has 0 aromatic carbocycles. The zero-order chi connectivity index (χ0) is 15.8. The number of carbonyl (C=O) groups is 1. The molecule has 0 aliphatic rings. The molecule has 2 aromatic rings. The smallest absolute Gasteiger partial charge is 0.195 e. The Labute approximate surface area is 124 Å². The summed E-state index contributed by atoms with van der Waals surface area (Å²) in [5, 5.41) is 0. The van der Waals surface area contributed by atoms with E-state index in [2.05, 4.69) is 21.5 Å². The predicted octanol–water partition coefficient (Wildman–Crippen LogP) is 3.58. The lowest BCUT2D eigenvalue weighted by Gasteiger charge is -1.97. The minimum Gasteiger partial charge on any atom is -0.294 e. The van der Waals surface area contributed by atoms with E-state index in [-0.39, 0.29) is 5.78 Å². The Morgan fingerprint density at radius 3 is 2.71 bits per heavy atom. The van der Waals surface area contributed by atoms with Gasteiger partial charge >= 0.3 is 0 Å². The molecule has 0 N–H and O–H groups in total. The molecule has 5 nitrogen and oxygen atoms in total. The van der Waals surface area contributed by atoms with Crippen LogP contribution >= 0.6 is 0 Å². The summed E-state index contributed by atoms with van der Waals surface area (Å²) < 4.78 is 1.72. The first-order chi connectivity index (χ1) is 10.2. The maximum Gasteiger partial charge on any atom is 0.195 e. The average molecular weight is 284 g/mol. The van der Waals surface area contributed by atoms with Crippen molar-refractivity contribution in [2.45, 2.75) is 27.7 Å². The van der Waals surface area contributed by atoms with Crippen molar-refractivity contribution in [2.75, 3.05) is 0 Å². The summed E-state index contributed by atoms with van der Waals surface area (Å²) in [6.07, 6.45) is 10.0. The first kappa shape index (κ1) is 16.5. The lowest BCUT2D eigenvalue weighted by Crippen LogP contribution is -2.00. The molecule has 0 saturated heterocycles. The van der Waals surface area contributed by atoms with Crippen LogP contribution in [0.3, 0.4) is 0 Å². The van der Waals surface area contributed by atoms with E-state index in [0.717, 1.165) is 5.52 Å². The molecule has 2 heterocycles. The van der Waals surface area contributed by atoms with E-state index in [1.165, 1.54) is 6.92 Å². The van der Waals surface area contributed by atoms with Gasteiger partial charge in [-0.05, 0) is 6.92 Å². The third-order valence-corrected chi connectivity index (χ3v) is 2.60. The van der Waals surface area contributed by atoms with Gasteiger partial charge in [-0.1, -0.05) is 32.6 Å². The highest BCUT2D eigenvalue weighted by Gasteiger charge is 2.16. The number of ketones is 1. The van der Waals surface area contributed by atoms with Gasteiger partial charge < -0.3 is 0 Å². The predicted molar refractivity (Wildman–Crippen MR) is 86.7 cm³/mol. The van der Waals surface area contributed by atoms with Crippen LogP contribution in [0, 0.1) is 0 Å². The van der Waals surface area contributed by atoms with Gasteiger partial charge in [0.1, 0.15) is 5.69 Å². The second-order valence-electron chi connectivity index (χ2n) is 3.86. The van der Waals surface area contributed by atoms with Crippen molar-refractivity contribution in [3.8, 4) is 0 Å². The molecule has 0 unspecified atom stereocenters. The molecular weight excluding hydrogens is 264 g/mol. The van der Waals surface area contributed by atoms with Crippen molar-refractivity contribution >= 4 is 23.2 Å². The normalized spacial score (nSPS) is 11.3. The summed E-state index contributed by atoms with van der Waals surface area (Å²) in [6.45, 7) is 10.9. The highest BCUT2D eigenvalue weighted by Crippen LogP contribution is 2.21. The molecule has 0 saturated carbocycles. The van der Waals surface area contributed by atoms with Crippen molar-refractivity contribution in [3.63, 3.8) is 0 Å². The van der Waals surface area contributed by atoms with Crippen LogP contribution in [0.2, 0.25) is 0 Å². The molecule has 0 radical (unpaired) electrons. The number of nitrogens with zero attached hydrogens (tertiary/aromatic N) is 4. The van der Waals surface area contributed by atoms with Crippen molar-refractivity contribution in [3.05, 3.63) is 48.8 Å². The molecule has 0 spiro atoms. The molecule has 0 fully saturated rings. The third-order valence-electron chi connectivity index (χ3n) is 2.60. The second-order valence-corrected chi connectivity index (χ2v) is 3.86. The largest absolute Gasteiger partial charge is 0.294 e. The van der Waals surface area contributed by atoms with Gasteiger partial charge in [0.2, 0.25) is 0 Å². The minimum absolute atomic E-state index is 0.101. The minimum atomic E-state index is -0.101. The van der Waals surface area contributed by atoms with Gasteiger partial charge in [-0.3, -0.25) is 19.2 Å². The maximum atomic E-state index is 11.6. The first-order valence-electron chi connectivity index (χ1n) is 6.83. The standard InChI is InChI=1S/C14H14N4O.C2H6/c1-4-6-16-11(5-2)13-12-9-15-7-8-18(12)14(17-13)10(3)19;1-2/h4-9H,1H2,2-3H3;1-2H3/b11-5-,16-6?;. The maximum absolute atomic E-state index is 11.6. The Morgan fingerprint density at radius 1 is 1.43 bits per heavy atom. The van der Waals surface area contributed by atoms with Gasteiger partial charge in [0.25, 0.3) is 0 Å². The lowest BCUT2D eigenvalue weighted by molar-refractivity contribution is 0.100. The number of carbonyl (C=O) groups excluding carboxylic acids is 1. The number of fused-ring (bicyclic) bond motifs is 1. The fraction of sp³-hybridized carbons (Fsp3) is 0.250. The van der Waals surface area contributed by atoms with Gasteiger partial charge in [0.05, 0.1) is 17.4 Å². The fourth-order valence-corrected chi connectivity index (χ4v) is 1.78. The van der Waals surface area contributed by atoms with E-state index in [9.17, 15) is 4.79 Å². The third kappa shape index (κ3) is 3.51. The van der Waals surface area contributed by atoms with E-state index < -0.39 is 0 Å². The number of allylic oxidation sites excluding steroid dienone is 2. The number of Topliss-reactive ketones (excluding diaryl/α,β-unsaturated/α-hetero) is 1. The number of imidazole rings is 1. The van der Waals surface area contributed by atoms with Crippen LogP contribution in [0.25, 0.3) is 11.2 Å². The monoisotopic (exact) mass is 284 g/mol. The summed E-state index contributed by atoms with van der Waals surface area (Å²) in [5.41, 5.74) is 2.07. The van der Waals surface area contributed by atoms with Crippen LogP contribution in [0.5, 0.6) is 0 Å². The summed E-state index contributed by atoms with van der Waals surface area (Å²) >= 11 is 0. The molecule has 0 amide bonds. The fourth-order valence-electron chi connectivity index (χ4n) is 1.78. The number of aromatic nitrogens is 3. The quantitative estimate of drug-likeness (QED) is 0.637. The van der Waals surface area contributed by atoms with Crippen LogP contribution in [0.1, 0.15) is 44.0 Å². The topological polar surface area (TPSA) is 59.6 Å². The number of hydrogen-bond acceptors (Lipinski definition) is 4. The van der Waals surface area contributed by atoms with Gasteiger partial charge in [0.15, 0.2) is 11.6 Å². The van der Waals surface area contributed by atoms with Gasteiger partial charge in [-0.2, -0.15) is 0 Å². The molecule has 21 heavy (non-hydrogen) atoms. The SMILES string of the molecule is C=CC=N/C(=C\C)c1nc(C(C)=O)n2ccncc12.CC. The Morgan fingerprint density at radius 2 is 2.14 bits per heavy atom.